The molecule has 0 fully saturated rings. The average molecular weight is 304 g/mol. The first-order chi connectivity index (χ1) is 10.4. The zero-order valence-electron chi connectivity index (χ0n) is 12.7. The van der Waals surface area contributed by atoms with Crippen molar-refractivity contribution in [3.8, 4) is 0 Å². The predicted molar refractivity (Wildman–Crippen MR) is 81.5 cm³/mol. The Morgan fingerprint density at radius 3 is 2.68 bits per heavy atom. The van der Waals surface area contributed by atoms with Gasteiger partial charge in [-0.05, 0) is 17.5 Å². The van der Waals surface area contributed by atoms with Crippen molar-refractivity contribution in [2.75, 3.05) is 18.4 Å². The van der Waals surface area contributed by atoms with Gasteiger partial charge < -0.3 is 15.3 Å². The first-order valence-corrected chi connectivity index (χ1v) is 7.28. The van der Waals surface area contributed by atoms with Crippen LogP contribution in [0.1, 0.15) is 31.7 Å². The zero-order chi connectivity index (χ0) is 16.3. The molecule has 1 aliphatic rings. The molecule has 2 rings (SSSR count). The topological polar surface area (TPSA) is 86.7 Å². The van der Waals surface area contributed by atoms with Gasteiger partial charge in [0.2, 0.25) is 11.8 Å². The largest absolute Gasteiger partial charge is 0.480 e. The van der Waals surface area contributed by atoms with Crippen LogP contribution in [0.25, 0.3) is 0 Å². The number of nitrogens with one attached hydrogen (secondary N) is 1. The summed E-state index contributed by atoms with van der Waals surface area (Å²) in [6, 6.07) is 7.14. The van der Waals surface area contributed by atoms with E-state index in [0.29, 0.717) is 12.2 Å². The molecular weight excluding hydrogens is 284 g/mol. The third-order valence-corrected chi connectivity index (χ3v) is 3.52. The summed E-state index contributed by atoms with van der Waals surface area (Å²) >= 11 is 0. The third kappa shape index (κ3) is 3.63. The van der Waals surface area contributed by atoms with Crippen LogP contribution in [0.15, 0.2) is 24.3 Å². The molecule has 0 bridgehead atoms. The number of hydrogen-bond donors (Lipinski definition) is 2. The number of fused-ring (bicyclic) bond motifs is 1. The molecule has 0 aromatic heterocycles. The molecule has 0 radical (unpaired) electrons. The molecule has 0 spiro atoms. The molecule has 0 saturated heterocycles. The predicted octanol–water partition coefficient (Wildman–Crippen LogP) is 1.68. The van der Waals surface area contributed by atoms with Gasteiger partial charge in [0.1, 0.15) is 6.54 Å². The highest BCUT2D eigenvalue weighted by atomic mass is 16.4. The summed E-state index contributed by atoms with van der Waals surface area (Å²) in [5.74, 6) is -2.06. The van der Waals surface area contributed by atoms with E-state index in [1.54, 1.807) is 24.3 Å². The molecule has 1 aromatic carbocycles. The number of rotatable bonds is 5. The van der Waals surface area contributed by atoms with Gasteiger partial charge in [-0.25, -0.2) is 0 Å². The maximum Gasteiger partial charge on any atom is 0.323 e. The highest BCUT2D eigenvalue weighted by Gasteiger charge is 2.34. The summed E-state index contributed by atoms with van der Waals surface area (Å²) in [7, 11) is 0. The fraction of sp³-hybridized carbons (Fsp3) is 0.438. The van der Waals surface area contributed by atoms with Crippen molar-refractivity contribution in [1.29, 1.82) is 0 Å². The highest BCUT2D eigenvalue weighted by molar-refractivity contribution is 6.01. The maximum atomic E-state index is 12.8. The molecule has 1 heterocycles. The number of carboxylic acid groups (broad SMARTS) is 1. The van der Waals surface area contributed by atoms with Crippen LogP contribution in [0.2, 0.25) is 0 Å². The summed E-state index contributed by atoms with van der Waals surface area (Å²) in [4.78, 5) is 36.9. The van der Waals surface area contributed by atoms with E-state index in [2.05, 4.69) is 5.32 Å². The van der Waals surface area contributed by atoms with Gasteiger partial charge in [-0.3, -0.25) is 14.4 Å². The first kappa shape index (κ1) is 16.0. The van der Waals surface area contributed by atoms with Gasteiger partial charge in [0.15, 0.2) is 0 Å². The number of amides is 2. The molecule has 0 saturated carbocycles. The standard InChI is InChI=1S/C16H20N2O4/c1-10(2)8-18(9-15(20)21)16(22)12-7-14(19)17-13-6-4-3-5-11(12)13/h3-6,10,12H,7-9H2,1-2H3,(H,17,19)(H,20,21). The summed E-state index contributed by atoms with van der Waals surface area (Å²) in [5.41, 5.74) is 1.36. The molecule has 1 unspecified atom stereocenters. The zero-order valence-corrected chi connectivity index (χ0v) is 12.7. The first-order valence-electron chi connectivity index (χ1n) is 7.28. The molecular formula is C16H20N2O4. The molecule has 118 valence electrons. The normalized spacial score (nSPS) is 16.9. The highest BCUT2D eigenvalue weighted by Crippen LogP contribution is 2.33. The fourth-order valence-corrected chi connectivity index (χ4v) is 2.69. The van der Waals surface area contributed by atoms with Gasteiger partial charge in [0, 0.05) is 18.7 Å². The number of anilines is 1. The molecule has 6 nitrogen and oxygen atoms in total. The number of carbonyl (C=O) groups is 3. The Hall–Kier alpha value is -2.37. The van der Waals surface area contributed by atoms with Gasteiger partial charge >= 0.3 is 5.97 Å². The monoisotopic (exact) mass is 304 g/mol. The number of nitrogens with zero attached hydrogens (tertiary/aromatic N) is 1. The summed E-state index contributed by atoms with van der Waals surface area (Å²) in [6.45, 7) is 3.84. The summed E-state index contributed by atoms with van der Waals surface area (Å²) < 4.78 is 0. The van der Waals surface area contributed by atoms with E-state index in [9.17, 15) is 14.4 Å². The summed E-state index contributed by atoms with van der Waals surface area (Å²) in [5, 5.41) is 11.8. The van der Waals surface area contributed by atoms with Gasteiger partial charge in [0.05, 0.1) is 5.92 Å². The van der Waals surface area contributed by atoms with E-state index < -0.39 is 11.9 Å². The van der Waals surface area contributed by atoms with Crippen LogP contribution in [-0.4, -0.2) is 40.9 Å². The minimum absolute atomic E-state index is 0.0457. The van der Waals surface area contributed by atoms with Crippen LogP contribution in [-0.2, 0) is 14.4 Å². The number of para-hydroxylation sites is 1. The van der Waals surface area contributed by atoms with Crippen molar-refractivity contribution >= 4 is 23.5 Å². The number of carboxylic acids is 1. The smallest absolute Gasteiger partial charge is 0.323 e. The van der Waals surface area contributed by atoms with E-state index in [-0.39, 0.29) is 30.7 Å². The molecule has 22 heavy (non-hydrogen) atoms. The average Bonchev–Trinajstić information content (AvgIpc) is 2.43. The molecule has 2 N–H and O–H groups in total. The van der Waals surface area contributed by atoms with Crippen LogP contribution >= 0.6 is 0 Å². The van der Waals surface area contributed by atoms with Gasteiger partial charge in [-0.1, -0.05) is 32.0 Å². The number of hydrogen-bond acceptors (Lipinski definition) is 3. The second-order valence-corrected chi connectivity index (χ2v) is 5.90. The fourth-order valence-electron chi connectivity index (χ4n) is 2.69. The lowest BCUT2D eigenvalue weighted by Gasteiger charge is -2.30. The van der Waals surface area contributed by atoms with Gasteiger partial charge in [0.25, 0.3) is 0 Å². The Bertz CT molecular complexity index is 598. The Morgan fingerprint density at radius 1 is 1.36 bits per heavy atom. The van der Waals surface area contributed by atoms with Crippen molar-refractivity contribution in [3.05, 3.63) is 29.8 Å². The molecule has 1 atom stereocenters. The van der Waals surface area contributed by atoms with Crippen LogP contribution in [0.3, 0.4) is 0 Å². The maximum absolute atomic E-state index is 12.8. The second-order valence-electron chi connectivity index (χ2n) is 5.90. The lowest BCUT2D eigenvalue weighted by atomic mass is 9.89. The van der Waals surface area contributed by atoms with Crippen molar-refractivity contribution in [2.45, 2.75) is 26.2 Å². The van der Waals surface area contributed by atoms with E-state index in [0.717, 1.165) is 5.56 Å². The van der Waals surface area contributed by atoms with Crippen molar-refractivity contribution in [3.63, 3.8) is 0 Å². The Kier molecular flexibility index (Phi) is 4.80. The number of carbonyl (C=O) groups excluding carboxylic acids is 2. The molecule has 1 aromatic rings. The quantitative estimate of drug-likeness (QED) is 0.866. The van der Waals surface area contributed by atoms with Crippen molar-refractivity contribution in [1.82, 2.24) is 4.90 Å². The Morgan fingerprint density at radius 2 is 2.05 bits per heavy atom. The van der Waals surface area contributed by atoms with Gasteiger partial charge in [-0.15, -0.1) is 0 Å². The Balaban J connectivity index is 2.29. The lowest BCUT2D eigenvalue weighted by molar-refractivity contribution is -0.145. The SMILES string of the molecule is CC(C)CN(CC(=O)O)C(=O)C1CC(=O)Nc2ccccc21. The van der Waals surface area contributed by atoms with E-state index in [1.165, 1.54) is 4.90 Å². The minimum atomic E-state index is -1.05. The van der Waals surface area contributed by atoms with E-state index in [4.69, 9.17) is 5.11 Å². The van der Waals surface area contributed by atoms with Crippen molar-refractivity contribution in [2.24, 2.45) is 5.92 Å². The Labute approximate surface area is 129 Å². The van der Waals surface area contributed by atoms with Gasteiger partial charge in [-0.2, -0.15) is 0 Å². The van der Waals surface area contributed by atoms with E-state index in [1.807, 2.05) is 13.8 Å². The van der Waals surface area contributed by atoms with Crippen LogP contribution in [0.4, 0.5) is 5.69 Å². The summed E-state index contributed by atoms with van der Waals surface area (Å²) in [6.07, 6.45) is 0.0457. The second kappa shape index (κ2) is 6.60. The van der Waals surface area contributed by atoms with Crippen LogP contribution < -0.4 is 5.32 Å². The number of benzene rings is 1. The molecule has 1 aliphatic heterocycles. The van der Waals surface area contributed by atoms with Crippen LogP contribution in [0, 0.1) is 5.92 Å². The molecule has 6 heteroatoms. The minimum Gasteiger partial charge on any atom is -0.480 e. The lowest BCUT2D eigenvalue weighted by Crippen LogP contribution is -2.43. The van der Waals surface area contributed by atoms with Crippen molar-refractivity contribution < 1.29 is 19.5 Å². The molecule has 2 amide bonds. The van der Waals surface area contributed by atoms with E-state index >= 15 is 0 Å². The number of aliphatic carboxylic acids is 1. The molecule has 0 aliphatic carbocycles. The third-order valence-electron chi connectivity index (χ3n) is 3.52. The van der Waals surface area contributed by atoms with Crippen LogP contribution in [0.5, 0.6) is 0 Å².